The molecule has 28 heavy (non-hydrogen) atoms. The Bertz CT molecular complexity index is 696. The molecular weight excluding hydrogens is 356 g/mol. The van der Waals surface area contributed by atoms with E-state index in [4.69, 9.17) is 0 Å². The second kappa shape index (κ2) is 9.68. The highest BCUT2D eigenvalue weighted by Crippen LogP contribution is 2.22. The van der Waals surface area contributed by atoms with Gasteiger partial charge in [0.1, 0.15) is 0 Å². The minimum Gasteiger partial charge on any atom is -0.355 e. The average molecular weight is 386 g/mol. The second-order valence-corrected chi connectivity index (χ2v) is 7.47. The molecule has 3 amide bonds. The van der Waals surface area contributed by atoms with Crippen LogP contribution in [0, 0.1) is 0 Å². The molecule has 0 radical (unpaired) electrons. The molecule has 0 aromatic heterocycles. The third kappa shape index (κ3) is 5.10. The Morgan fingerprint density at radius 3 is 2.36 bits per heavy atom. The first-order chi connectivity index (χ1) is 13.6. The normalized spacial score (nSPS) is 18.2. The SMILES string of the molecule is CCCNC(=O)CN1CCN(C(=O)c2ccc(N3CCCCC3=O)cc2)CC1. The summed E-state index contributed by atoms with van der Waals surface area (Å²) in [6.07, 6.45) is 3.51. The van der Waals surface area contributed by atoms with Gasteiger partial charge in [-0.25, -0.2) is 0 Å². The van der Waals surface area contributed by atoms with Crippen molar-refractivity contribution in [1.82, 2.24) is 15.1 Å². The van der Waals surface area contributed by atoms with Gasteiger partial charge in [0.2, 0.25) is 11.8 Å². The molecule has 0 saturated carbocycles. The van der Waals surface area contributed by atoms with E-state index in [2.05, 4.69) is 10.2 Å². The first-order valence-corrected chi connectivity index (χ1v) is 10.3. The summed E-state index contributed by atoms with van der Waals surface area (Å²) in [6, 6.07) is 7.35. The van der Waals surface area contributed by atoms with Gasteiger partial charge in [0, 0.05) is 56.9 Å². The van der Waals surface area contributed by atoms with Crippen molar-refractivity contribution in [3.63, 3.8) is 0 Å². The molecule has 7 heteroatoms. The predicted octanol–water partition coefficient (Wildman–Crippen LogP) is 1.49. The van der Waals surface area contributed by atoms with Gasteiger partial charge in [-0.3, -0.25) is 19.3 Å². The molecule has 1 N–H and O–H groups in total. The number of benzene rings is 1. The van der Waals surface area contributed by atoms with E-state index in [-0.39, 0.29) is 17.7 Å². The fourth-order valence-corrected chi connectivity index (χ4v) is 3.68. The average Bonchev–Trinajstić information content (AvgIpc) is 2.73. The molecule has 0 unspecified atom stereocenters. The summed E-state index contributed by atoms with van der Waals surface area (Å²) in [5, 5.41) is 2.89. The number of hydrogen-bond acceptors (Lipinski definition) is 4. The van der Waals surface area contributed by atoms with Gasteiger partial charge in [-0.15, -0.1) is 0 Å². The van der Waals surface area contributed by atoms with Crippen molar-refractivity contribution < 1.29 is 14.4 Å². The molecule has 2 saturated heterocycles. The van der Waals surface area contributed by atoms with Crippen LogP contribution in [0.3, 0.4) is 0 Å². The third-order valence-corrected chi connectivity index (χ3v) is 5.35. The maximum absolute atomic E-state index is 12.8. The van der Waals surface area contributed by atoms with Crippen LogP contribution in [0.5, 0.6) is 0 Å². The minimum atomic E-state index is 0.00612. The Morgan fingerprint density at radius 2 is 1.71 bits per heavy atom. The summed E-state index contributed by atoms with van der Waals surface area (Å²) in [5.74, 6) is 0.209. The smallest absolute Gasteiger partial charge is 0.253 e. The number of carbonyl (C=O) groups is 3. The van der Waals surface area contributed by atoms with Gasteiger partial charge in [-0.2, -0.15) is 0 Å². The maximum atomic E-state index is 12.8. The summed E-state index contributed by atoms with van der Waals surface area (Å²) >= 11 is 0. The van der Waals surface area contributed by atoms with Crippen LogP contribution in [-0.4, -0.2) is 73.3 Å². The minimum absolute atomic E-state index is 0.00612. The molecule has 152 valence electrons. The molecule has 0 spiro atoms. The lowest BCUT2D eigenvalue weighted by Crippen LogP contribution is -2.51. The zero-order valence-electron chi connectivity index (χ0n) is 16.7. The summed E-state index contributed by atoms with van der Waals surface area (Å²) in [7, 11) is 0. The van der Waals surface area contributed by atoms with Crippen LogP contribution in [0.1, 0.15) is 43.0 Å². The van der Waals surface area contributed by atoms with Crippen molar-refractivity contribution in [2.24, 2.45) is 0 Å². The molecule has 0 aliphatic carbocycles. The van der Waals surface area contributed by atoms with Crippen LogP contribution < -0.4 is 10.2 Å². The van der Waals surface area contributed by atoms with E-state index in [1.165, 1.54) is 0 Å². The first-order valence-electron chi connectivity index (χ1n) is 10.3. The Kier molecular flexibility index (Phi) is 7.03. The van der Waals surface area contributed by atoms with Crippen molar-refractivity contribution in [1.29, 1.82) is 0 Å². The number of nitrogens with one attached hydrogen (secondary N) is 1. The topological polar surface area (TPSA) is 73.0 Å². The Labute approximate surface area is 166 Å². The molecule has 2 heterocycles. The Balaban J connectivity index is 1.51. The quantitative estimate of drug-likeness (QED) is 0.804. The van der Waals surface area contributed by atoms with E-state index in [1.54, 1.807) is 4.90 Å². The Morgan fingerprint density at radius 1 is 1.00 bits per heavy atom. The van der Waals surface area contributed by atoms with Crippen LogP contribution in [0.15, 0.2) is 24.3 Å². The number of amides is 3. The van der Waals surface area contributed by atoms with Gasteiger partial charge >= 0.3 is 0 Å². The van der Waals surface area contributed by atoms with E-state index in [0.29, 0.717) is 51.3 Å². The number of rotatable bonds is 6. The summed E-state index contributed by atoms with van der Waals surface area (Å²) in [4.78, 5) is 42.4. The molecule has 2 aliphatic heterocycles. The monoisotopic (exact) mass is 386 g/mol. The van der Waals surface area contributed by atoms with Gasteiger partial charge < -0.3 is 15.1 Å². The highest BCUT2D eigenvalue weighted by atomic mass is 16.2. The number of hydrogen-bond donors (Lipinski definition) is 1. The van der Waals surface area contributed by atoms with Crippen molar-refractivity contribution >= 4 is 23.4 Å². The largest absolute Gasteiger partial charge is 0.355 e. The number of anilines is 1. The Hall–Kier alpha value is -2.41. The molecule has 1 aromatic rings. The number of carbonyl (C=O) groups excluding carboxylic acids is 3. The molecule has 0 bridgehead atoms. The molecule has 2 fully saturated rings. The summed E-state index contributed by atoms with van der Waals surface area (Å²) < 4.78 is 0. The number of piperidine rings is 1. The first kappa shape index (κ1) is 20.3. The molecule has 3 rings (SSSR count). The van der Waals surface area contributed by atoms with E-state index >= 15 is 0 Å². The summed E-state index contributed by atoms with van der Waals surface area (Å²) in [6.45, 7) is 6.51. The molecule has 1 aromatic carbocycles. The standard InChI is InChI=1S/C21H30N4O3/c1-2-10-22-19(26)16-23-12-14-24(15-13-23)21(28)17-6-8-18(9-7-17)25-11-4-3-5-20(25)27/h6-9H,2-5,10-16H2,1H3,(H,22,26). The molecular formula is C21H30N4O3. The fraction of sp³-hybridized carbons (Fsp3) is 0.571. The van der Waals surface area contributed by atoms with Gasteiger partial charge in [-0.1, -0.05) is 6.92 Å². The highest BCUT2D eigenvalue weighted by molar-refractivity contribution is 5.97. The third-order valence-electron chi connectivity index (χ3n) is 5.35. The van der Waals surface area contributed by atoms with Crippen molar-refractivity contribution in [3.8, 4) is 0 Å². The zero-order chi connectivity index (χ0) is 19.9. The second-order valence-electron chi connectivity index (χ2n) is 7.47. The predicted molar refractivity (Wildman–Crippen MR) is 108 cm³/mol. The van der Waals surface area contributed by atoms with E-state index in [9.17, 15) is 14.4 Å². The fourth-order valence-electron chi connectivity index (χ4n) is 3.68. The van der Waals surface area contributed by atoms with Gasteiger partial charge in [0.25, 0.3) is 5.91 Å². The van der Waals surface area contributed by atoms with Gasteiger partial charge in [0.15, 0.2) is 0 Å². The van der Waals surface area contributed by atoms with Crippen LogP contribution in [-0.2, 0) is 9.59 Å². The van der Waals surface area contributed by atoms with E-state index in [0.717, 1.165) is 31.5 Å². The highest BCUT2D eigenvalue weighted by Gasteiger charge is 2.24. The number of piperazine rings is 1. The van der Waals surface area contributed by atoms with Crippen LogP contribution >= 0.6 is 0 Å². The van der Waals surface area contributed by atoms with Crippen molar-refractivity contribution in [2.75, 3.05) is 50.7 Å². The van der Waals surface area contributed by atoms with Gasteiger partial charge in [-0.05, 0) is 43.5 Å². The molecule has 0 atom stereocenters. The van der Waals surface area contributed by atoms with E-state index in [1.807, 2.05) is 36.1 Å². The van der Waals surface area contributed by atoms with Crippen LogP contribution in [0.2, 0.25) is 0 Å². The number of nitrogens with zero attached hydrogens (tertiary/aromatic N) is 3. The van der Waals surface area contributed by atoms with E-state index < -0.39 is 0 Å². The summed E-state index contributed by atoms with van der Waals surface area (Å²) in [5.41, 5.74) is 1.51. The lowest BCUT2D eigenvalue weighted by molar-refractivity contribution is -0.122. The van der Waals surface area contributed by atoms with Crippen LogP contribution in [0.4, 0.5) is 5.69 Å². The zero-order valence-corrected chi connectivity index (χ0v) is 16.7. The lowest BCUT2D eigenvalue weighted by Gasteiger charge is -2.34. The molecule has 2 aliphatic rings. The van der Waals surface area contributed by atoms with Crippen molar-refractivity contribution in [2.45, 2.75) is 32.6 Å². The van der Waals surface area contributed by atoms with Gasteiger partial charge in [0.05, 0.1) is 6.54 Å². The van der Waals surface area contributed by atoms with Crippen molar-refractivity contribution in [3.05, 3.63) is 29.8 Å². The molecule has 7 nitrogen and oxygen atoms in total. The lowest BCUT2D eigenvalue weighted by atomic mass is 10.1. The van der Waals surface area contributed by atoms with Crippen LogP contribution in [0.25, 0.3) is 0 Å². The maximum Gasteiger partial charge on any atom is 0.253 e.